The van der Waals surface area contributed by atoms with Crippen LogP contribution in [0, 0.1) is 5.92 Å². The maximum Gasteiger partial charge on any atom is 0.408 e. The number of nitrogens with one attached hydrogen (secondary N) is 2. The summed E-state index contributed by atoms with van der Waals surface area (Å²) in [5.74, 6) is -0.185. The molecule has 1 saturated heterocycles. The Bertz CT molecular complexity index is 818. The number of likely N-dealkylation sites (tertiary alicyclic amines) is 1. The molecule has 0 spiro atoms. The minimum Gasteiger partial charge on any atom is -0.445 e. The van der Waals surface area contributed by atoms with Crippen molar-refractivity contribution in [2.45, 2.75) is 51.9 Å². The minimum atomic E-state index is -0.620. The van der Waals surface area contributed by atoms with Gasteiger partial charge in [0.15, 0.2) is 0 Å². The lowest BCUT2D eigenvalue weighted by Crippen LogP contribution is -2.54. The molecule has 3 rings (SSSR count). The zero-order valence-corrected chi connectivity index (χ0v) is 18.4. The second-order valence-electron chi connectivity index (χ2n) is 8.47. The highest BCUT2D eigenvalue weighted by atomic mass is 16.5. The Hall–Kier alpha value is -2.86. The molecule has 1 aliphatic heterocycles. The highest BCUT2D eigenvalue weighted by molar-refractivity contribution is 5.86. The van der Waals surface area contributed by atoms with E-state index in [-0.39, 0.29) is 24.5 Å². The number of nitrogens with zero attached hydrogens (tertiary/aromatic N) is 1. The third-order valence-electron chi connectivity index (χ3n) is 5.62. The van der Waals surface area contributed by atoms with Crippen LogP contribution in [0.15, 0.2) is 60.7 Å². The summed E-state index contributed by atoms with van der Waals surface area (Å²) in [6.45, 7) is 6.84. The molecule has 2 aromatic rings. The molecule has 0 bridgehead atoms. The molecule has 1 fully saturated rings. The normalized spacial score (nSPS) is 16.0. The number of hydrogen-bond donors (Lipinski definition) is 2. The first-order chi connectivity index (χ1) is 15.0. The summed E-state index contributed by atoms with van der Waals surface area (Å²) in [6, 6.07) is 19.4. The van der Waals surface area contributed by atoms with Crippen molar-refractivity contribution in [3.05, 3.63) is 71.8 Å². The van der Waals surface area contributed by atoms with Crippen molar-refractivity contribution in [1.29, 1.82) is 0 Å². The van der Waals surface area contributed by atoms with Crippen molar-refractivity contribution in [1.82, 2.24) is 15.5 Å². The number of amides is 2. The molecule has 166 valence electrons. The highest BCUT2D eigenvalue weighted by Gasteiger charge is 2.28. The van der Waals surface area contributed by atoms with Gasteiger partial charge in [-0.25, -0.2) is 4.79 Å². The van der Waals surface area contributed by atoms with Crippen LogP contribution in [0.2, 0.25) is 0 Å². The molecule has 2 amide bonds. The molecule has 1 unspecified atom stereocenters. The summed E-state index contributed by atoms with van der Waals surface area (Å²) < 4.78 is 5.28. The molecule has 0 saturated carbocycles. The Kier molecular flexibility index (Phi) is 8.47. The van der Waals surface area contributed by atoms with E-state index in [1.54, 1.807) is 0 Å². The summed E-state index contributed by atoms with van der Waals surface area (Å²) in [6.07, 6.45) is 1.24. The predicted molar refractivity (Wildman–Crippen MR) is 121 cm³/mol. The van der Waals surface area contributed by atoms with Crippen LogP contribution in [0.3, 0.4) is 0 Å². The average molecular weight is 424 g/mol. The SMILES string of the molecule is CC(C)C(NC(=O)OCc1ccccc1)C(=O)NC1CCN(Cc2ccccc2)CC1. The van der Waals surface area contributed by atoms with Gasteiger partial charge in [0.05, 0.1) is 0 Å². The first-order valence-corrected chi connectivity index (χ1v) is 11.0. The van der Waals surface area contributed by atoms with Crippen molar-refractivity contribution in [2.24, 2.45) is 5.92 Å². The maximum atomic E-state index is 12.8. The fraction of sp³-hybridized carbons (Fsp3) is 0.440. The van der Waals surface area contributed by atoms with Gasteiger partial charge in [-0.15, -0.1) is 0 Å². The lowest BCUT2D eigenvalue weighted by Gasteiger charge is -2.33. The summed E-state index contributed by atoms with van der Waals surface area (Å²) in [5.41, 5.74) is 2.22. The van der Waals surface area contributed by atoms with E-state index in [4.69, 9.17) is 4.74 Å². The first kappa shape index (κ1) is 22.8. The molecule has 31 heavy (non-hydrogen) atoms. The Morgan fingerprint density at radius 2 is 1.55 bits per heavy atom. The smallest absolute Gasteiger partial charge is 0.408 e. The van der Waals surface area contributed by atoms with Gasteiger partial charge in [0.2, 0.25) is 5.91 Å². The van der Waals surface area contributed by atoms with Gasteiger partial charge in [-0.2, -0.15) is 0 Å². The molecule has 6 heteroatoms. The topological polar surface area (TPSA) is 70.7 Å². The lowest BCUT2D eigenvalue weighted by atomic mass is 10.0. The Morgan fingerprint density at radius 1 is 0.968 bits per heavy atom. The zero-order chi connectivity index (χ0) is 22.1. The molecule has 1 heterocycles. The van der Waals surface area contributed by atoms with E-state index in [9.17, 15) is 9.59 Å². The summed E-state index contributed by atoms with van der Waals surface area (Å²) in [5, 5.41) is 5.86. The van der Waals surface area contributed by atoms with Crippen LogP contribution >= 0.6 is 0 Å². The Morgan fingerprint density at radius 3 is 2.13 bits per heavy atom. The van der Waals surface area contributed by atoms with Crippen LogP contribution in [0.25, 0.3) is 0 Å². The van der Waals surface area contributed by atoms with E-state index in [0.29, 0.717) is 0 Å². The number of carbonyl (C=O) groups is 2. The fourth-order valence-corrected chi connectivity index (χ4v) is 3.79. The Balaban J connectivity index is 1.43. The maximum absolute atomic E-state index is 12.8. The molecule has 0 aliphatic carbocycles. The molecule has 1 atom stereocenters. The van der Waals surface area contributed by atoms with Crippen molar-refractivity contribution in [3.63, 3.8) is 0 Å². The number of ether oxygens (including phenoxy) is 1. The van der Waals surface area contributed by atoms with Crippen LogP contribution in [0.5, 0.6) is 0 Å². The molecule has 2 aromatic carbocycles. The Labute approximate surface area is 185 Å². The molecular formula is C25H33N3O3. The van der Waals surface area contributed by atoms with Crippen LogP contribution in [0.1, 0.15) is 37.8 Å². The largest absolute Gasteiger partial charge is 0.445 e. The van der Waals surface area contributed by atoms with Crippen LogP contribution in [0.4, 0.5) is 4.79 Å². The van der Waals surface area contributed by atoms with Gasteiger partial charge in [-0.05, 0) is 29.9 Å². The molecule has 1 aliphatic rings. The van der Waals surface area contributed by atoms with Gasteiger partial charge in [0.1, 0.15) is 12.6 Å². The second kappa shape index (κ2) is 11.5. The van der Waals surface area contributed by atoms with Gasteiger partial charge >= 0.3 is 6.09 Å². The molecule has 2 N–H and O–H groups in total. The molecule has 0 radical (unpaired) electrons. The van der Waals surface area contributed by atoms with Crippen LogP contribution in [-0.2, 0) is 22.7 Å². The van der Waals surface area contributed by atoms with Gasteiger partial charge in [0, 0.05) is 25.7 Å². The van der Waals surface area contributed by atoms with E-state index in [2.05, 4.69) is 39.8 Å². The summed E-state index contributed by atoms with van der Waals surface area (Å²) >= 11 is 0. The average Bonchev–Trinajstić information content (AvgIpc) is 2.78. The van der Waals surface area contributed by atoms with Gasteiger partial charge in [-0.1, -0.05) is 74.5 Å². The highest BCUT2D eigenvalue weighted by Crippen LogP contribution is 2.15. The zero-order valence-electron chi connectivity index (χ0n) is 18.4. The van der Waals surface area contributed by atoms with E-state index in [0.717, 1.165) is 38.0 Å². The molecular weight excluding hydrogens is 390 g/mol. The van der Waals surface area contributed by atoms with Crippen molar-refractivity contribution in [3.8, 4) is 0 Å². The fourth-order valence-electron chi connectivity index (χ4n) is 3.79. The van der Waals surface area contributed by atoms with Gasteiger partial charge in [0.25, 0.3) is 0 Å². The van der Waals surface area contributed by atoms with Gasteiger partial charge < -0.3 is 15.4 Å². The van der Waals surface area contributed by atoms with E-state index >= 15 is 0 Å². The number of carbonyl (C=O) groups excluding carboxylic acids is 2. The third-order valence-corrected chi connectivity index (χ3v) is 5.62. The summed E-state index contributed by atoms with van der Waals surface area (Å²) in [4.78, 5) is 27.5. The number of hydrogen-bond acceptors (Lipinski definition) is 4. The third kappa shape index (κ3) is 7.40. The monoisotopic (exact) mass is 423 g/mol. The van der Waals surface area contributed by atoms with E-state index in [1.165, 1.54) is 5.56 Å². The van der Waals surface area contributed by atoms with Crippen molar-refractivity contribution >= 4 is 12.0 Å². The van der Waals surface area contributed by atoms with Crippen LogP contribution < -0.4 is 10.6 Å². The lowest BCUT2D eigenvalue weighted by molar-refractivity contribution is -0.125. The quantitative estimate of drug-likeness (QED) is 0.679. The number of benzene rings is 2. The van der Waals surface area contributed by atoms with E-state index < -0.39 is 12.1 Å². The van der Waals surface area contributed by atoms with Gasteiger partial charge in [-0.3, -0.25) is 9.69 Å². The predicted octanol–water partition coefficient (Wildman–Crippen LogP) is 3.72. The number of piperidine rings is 1. The standard InChI is InChI=1S/C25H33N3O3/c1-19(2)23(27-25(30)31-18-21-11-7-4-8-12-21)24(29)26-22-13-15-28(16-14-22)17-20-9-5-3-6-10-20/h3-12,19,22-23H,13-18H2,1-2H3,(H,26,29)(H,27,30). The minimum absolute atomic E-state index is 0.0394. The summed E-state index contributed by atoms with van der Waals surface area (Å²) in [7, 11) is 0. The van der Waals surface area contributed by atoms with Crippen molar-refractivity contribution in [2.75, 3.05) is 13.1 Å². The van der Waals surface area contributed by atoms with Crippen molar-refractivity contribution < 1.29 is 14.3 Å². The van der Waals surface area contributed by atoms with Crippen LogP contribution in [-0.4, -0.2) is 42.1 Å². The number of alkyl carbamates (subject to hydrolysis) is 1. The van der Waals surface area contributed by atoms with E-state index in [1.807, 2.05) is 50.2 Å². The molecule has 0 aromatic heterocycles. The first-order valence-electron chi connectivity index (χ1n) is 11.0. The molecule has 6 nitrogen and oxygen atoms in total. The second-order valence-corrected chi connectivity index (χ2v) is 8.47. The number of rotatable bonds is 8.